The van der Waals surface area contributed by atoms with Gasteiger partial charge in [-0.05, 0) is 92.8 Å². The van der Waals surface area contributed by atoms with Crippen molar-refractivity contribution in [3.05, 3.63) is 23.3 Å². The molecule has 0 amide bonds. The molecule has 0 aromatic carbocycles. The van der Waals surface area contributed by atoms with Crippen molar-refractivity contribution in [2.75, 3.05) is 13.2 Å². The van der Waals surface area contributed by atoms with Gasteiger partial charge >= 0.3 is 17.9 Å². The molecule has 1 heterocycles. The quantitative estimate of drug-likeness (QED) is 0.0810. The Labute approximate surface area is 335 Å². The molecule has 7 N–H and O–H groups in total. The van der Waals surface area contributed by atoms with E-state index in [0.717, 1.165) is 12.0 Å². The second-order valence-corrected chi connectivity index (χ2v) is 20.0. The topological polar surface area (TPSA) is 230 Å². The molecule has 0 spiro atoms. The lowest BCUT2D eigenvalue weighted by molar-refractivity contribution is -0.328. The van der Waals surface area contributed by atoms with Crippen LogP contribution in [0, 0.1) is 50.2 Å². The van der Waals surface area contributed by atoms with Crippen molar-refractivity contribution in [3.63, 3.8) is 0 Å². The maximum Gasteiger partial charge on any atom is 0.335 e. The fourth-order valence-electron chi connectivity index (χ4n) is 13.2. The van der Waals surface area contributed by atoms with Crippen LogP contribution < -0.4 is 0 Å². The number of aliphatic carboxylic acids is 1. The van der Waals surface area contributed by atoms with Crippen molar-refractivity contribution < 1.29 is 69.1 Å². The second kappa shape index (κ2) is 14.9. The predicted molar refractivity (Wildman–Crippen MR) is 204 cm³/mol. The minimum atomic E-state index is -1.85. The van der Waals surface area contributed by atoms with Gasteiger partial charge in [-0.15, -0.1) is 0 Å². The average Bonchev–Trinajstić information content (AvgIpc) is 3.13. The van der Waals surface area contributed by atoms with Crippen LogP contribution in [0.25, 0.3) is 0 Å². The van der Waals surface area contributed by atoms with E-state index in [9.17, 15) is 50.1 Å². The number of rotatable bonds is 8. The van der Waals surface area contributed by atoms with Gasteiger partial charge in [0.15, 0.2) is 12.4 Å². The fraction of sp³-hybridized carbons (Fsp3) is 0.837. The smallest absolute Gasteiger partial charge is 0.335 e. The molecule has 14 heteroatoms. The van der Waals surface area contributed by atoms with Crippen LogP contribution in [0.1, 0.15) is 107 Å². The number of fused-ring (bicyclic) bond motifs is 7. The Hall–Kier alpha value is -2.43. The van der Waals surface area contributed by atoms with E-state index >= 15 is 0 Å². The van der Waals surface area contributed by atoms with Crippen molar-refractivity contribution in [2.45, 2.75) is 162 Å². The third kappa shape index (κ3) is 6.45. The first kappa shape index (κ1) is 44.1. The lowest BCUT2D eigenvalue weighted by Gasteiger charge is -2.72. The third-order valence-corrected chi connectivity index (χ3v) is 16.8. The van der Waals surface area contributed by atoms with E-state index in [1.807, 2.05) is 20.8 Å². The summed E-state index contributed by atoms with van der Waals surface area (Å²) in [5.41, 5.74) is -2.67. The summed E-state index contributed by atoms with van der Waals surface area (Å²) in [7, 11) is 0. The molecule has 0 aromatic heterocycles. The Morgan fingerprint density at radius 3 is 2.18 bits per heavy atom. The minimum absolute atomic E-state index is 0.0834. The number of hydrogen-bond donors (Lipinski definition) is 7. The molecule has 6 aliphatic rings. The monoisotopic (exact) mass is 806 g/mol. The molecule has 0 radical (unpaired) electrons. The van der Waals surface area contributed by atoms with Gasteiger partial charge in [0.1, 0.15) is 37.1 Å². The minimum Gasteiger partial charge on any atom is -0.479 e. The van der Waals surface area contributed by atoms with Gasteiger partial charge in [-0.1, -0.05) is 59.3 Å². The maximum atomic E-state index is 13.1. The number of aliphatic hydroxyl groups excluding tert-OH is 6. The summed E-state index contributed by atoms with van der Waals surface area (Å²) >= 11 is 0. The summed E-state index contributed by atoms with van der Waals surface area (Å²) in [6.45, 7) is 16.8. The molecule has 14 nitrogen and oxygen atoms in total. The highest BCUT2D eigenvalue weighted by molar-refractivity contribution is 5.87. The molecule has 6 rings (SSSR count). The van der Waals surface area contributed by atoms with Gasteiger partial charge < -0.3 is 54.7 Å². The van der Waals surface area contributed by atoms with E-state index in [4.69, 9.17) is 18.9 Å². The Kier molecular flexibility index (Phi) is 11.6. The largest absolute Gasteiger partial charge is 0.479 e. The number of carboxylic acid groups (broad SMARTS) is 1. The molecule has 0 bridgehead atoms. The Morgan fingerprint density at radius 1 is 0.912 bits per heavy atom. The number of carboxylic acids is 1. The van der Waals surface area contributed by atoms with Crippen molar-refractivity contribution >= 4 is 17.9 Å². The number of carbonyl (C=O) groups excluding carboxylic acids is 2. The summed E-state index contributed by atoms with van der Waals surface area (Å²) in [6.07, 6.45) is -4.98. The molecule has 5 aliphatic carbocycles. The van der Waals surface area contributed by atoms with Gasteiger partial charge in [-0.3, -0.25) is 4.79 Å². The molecule has 5 fully saturated rings. The lowest BCUT2D eigenvalue weighted by atomic mass is 9.33. The zero-order valence-corrected chi connectivity index (χ0v) is 34.9. The van der Waals surface area contributed by atoms with E-state index in [1.165, 1.54) is 6.92 Å². The van der Waals surface area contributed by atoms with Crippen LogP contribution in [0.15, 0.2) is 23.3 Å². The van der Waals surface area contributed by atoms with Crippen LogP contribution in [0.2, 0.25) is 0 Å². The predicted octanol–water partition coefficient (Wildman–Crippen LogP) is 3.03. The highest BCUT2D eigenvalue weighted by Crippen LogP contribution is 2.76. The number of carbonyl (C=O) groups is 3. The SMILES string of the molecule is C/C=C(\C)C(=O)O[C@@H]1[C@@H](O)[C@]2(COC(C)=O)[C@H](O)C[C@]3(C)C(=CC[C@@H]4[C@@]5(C)CC[C@@H](O[C@@H]6O[C@H](C(=O)O)[C@@H](O)[C@H](O)[C@H]6O)[C@](C)(CO)[C@@H]5CC[C@]43C)[C@@H]2CC1(C)C. The van der Waals surface area contributed by atoms with Crippen molar-refractivity contribution in [2.24, 2.45) is 50.2 Å². The van der Waals surface area contributed by atoms with Crippen LogP contribution in [-0.2, 0) is 33.3 Å². The highest BCUT2D eigenvalue weighted by Gasteiger charge is 2.73. The van der Waals surface area contributed by atoms with E-state index < -0.39 is 101 Å². The van der Waals surface area contributed by atoms with Crippen molar-refractivity contribution in [1.82, 2.24) is 0 Å². The first-order valence-electron chi connectivity index (χ1n) is 20.6. The molecule has 4 saturated carbocycles. The van der Waals surface area contributed by atoms with Crippen molar-refractivity contribution in [1.29, 1.82) is 0 Å². The number of esters is 2. The van der Waals surface area contributed by atoms with Crippen molar-refractivity contribution in [3.8, 4) is 0 Å². The highest BCUT2D eigenvalue weighted by atomic mass is 16.7. The van der Waals surface area contributed by atoms with Crippen LogP contribution in [0.5, 0.6) is 0 Å². The first-order chi connectivity index (χ1) is 26.4. The number of allylic oxidation sites excluding steroid dienone is 3. The van der Waals surface area contributed by atoms with Gasteiger partial charge in [0.05, 0.1) is 24.2 Å². The standard InChI is InChI=1S/C43H66O14/c1-10-21(2)36(53)57-34-33(50)43(20-54-22(3)45)24(17-38(34,4)5)23-11-12-26-39(6)15-14-28(55-37-31(49)29(47)30(48)32(56-37)35(51)52)40(7,19-44)25(39)13-16-41(26,8)42(23,9)18-27(43)46/h10-11,24-34,37,44,46-50H,12-20H2,1-9H3,(H,51,52)/b21-10+/t24-,25+,26+,27+,28+,29-,30-,31+,32-,33+,34+,37+,39-,40+,41+,42+,43-/m0/s1. The zero-order chi connectivity index (χ0) is 42.4. The summed E-state index contributed by atoms with van der Waals surface area (Å²) in [5, 5.41) is 77.3. The number of hydrogen-bond acceptors (Lipinski definition) is 13. The molecule has 57 heavy (non-hydrogen) atoms. The average molecular weight is 807 g/mol. The van der Waals surface area contributed by atoms with Crippen LogP contribution in [0.4, 0.5) is 0 Å². The van der Waals surface area contributed by atoms with Crippen LogP contribution >= 0.6 is 0 Å². The molecule has 0 unspecified atom stereocenters. The van der Waals surface area contributed by atoms with Gasteiger partial charge in [0.2, 0.25) is 0 Å². The molecule has 1 aliphatic heterocycles. The van der Waals surface area contributed by atoms with Gasteiger partial charge in [-0.2, -0.15) is 0 Å². The van der Waals surface area contributed by atoms with Gasteiger partial charge in [-0.25, -0.2) is 9.59 Å². The molecular formula is C43H66O14. The van der Waals surface area contributed by atoms with Gasteiger partial charge in [0.25, 0.3) is 0 Å². The normalized spacial score (nSPS) is 49.2. The van der Waals surface area contributed by atoms with Gasteiger partial charge in [0, 0.05) is 23.3 Å². The molecule has 1 saturated heterocycles. The van der Waals surface area contributed by atoms with E-state index in [1.54, 1.807) is 19.9 Å². The number of aliphatic hydroxyl groups is 6. The summed E-state index contributed by atoms with van der Waals surface area (Å²) < 4.78 is 23.5. The summed E-state index contributed by atoms with van der Waals surface area (Å²) in [6, 6.07) is 0. The fourth-order valence-corrected chi connectivity index (χ4v) is 13.2. The van der Waals surface area contributed by atoms with Crippen LogP contribution in [-0.4, -0.2) is 122 Å². The Bertz CT molecular complexity index is 1660. The second-order valence-electron chi connectivity index (χ2n) is 20.0. The maximum absolute atomic E-state index is 13.1. The lowest BCUT2D eigenvalue weighted by Crippen LogP contribution is -2.72. The molecule has 322 valence electrons. The summed E-state index contributed by atoms with van der Waals surface area (Å²) in [5.74, 6) is -3.00. The number of ether oxygens (including phenoxy) is 4. The van der Waals surface area contributed by atoms with E-state index in [2.05, 4.69) is 26.8 Å². The summed E-state index contributed by atoms with van der Waals surface area (Å²) in [4.78, 5) is 37.3. The first-order valence-corrected chi connectivity index (χ1v) is 20.6. The van der Waals surface area contributed by atoms with E-state index in [-0.39, 0.29) is 42.3 Å². The molecule has 17 atom stereocenters. The van der Waals surface area contributed by atoms with Crippen LogP contribution in [0.3, 0.4) is 0 Å². The molecular weight excluding hydrogens is 740 g/mol. The molecule has 0 aromatic rings. The Morgan fingerprint density at radius 2 is 1.58 bits per heavy atom. The zero-order valence-electron chi connectivity index (χ0n) is 34.9. The van der Waals surface area contributed by atoms with E-state index in [0.29, 0.717) is 37.7 Å². The Balaban J connectivity index is 1.35. The third-order valence-electron chi connectivity index (χ3n) is 16.8.